The first-order chi connectivity index (χ1) is 13.6. The molecule has 144 valence electrons. The summed E-state index contributed by atoms with van der Waals surface area (Å²) in [7, 11) is 0. The predicted octanol–water partition coefficient (Wildman–Crippen LogP) is 3.65. The average molecular weight is 397 g/mol. The molecule has 6 nitrogen and oxygen atoms in total. The summed E-state index contributed by atoms with van der Waals surface area (Å²) in [6.45, 7) is 4.73. The zero-order chi connectivity index (χ0) is 19.9. The molecule has 0 spiro atoms. The second-order valence-corrected chi connectivity index (χ2v) is 7.00. The van der Waals surface area contributed by atoms with Crippen LogP contribution in [-0.2, 0) is 11.3 Å². The molecule has 1 N–H and O–H groups in total. The van der Waals surface area contributed by atoms with E-state index < -0.39 is 0 Å². The van der Waals surface area contributed by atoms with Gasteiger partial charge in [-0.1, -0.05) is 53.7 Å². The van der Waals surface area contributed by atoms with Crippen LogP contribution in [0.25, 0.3) is 11.4 Å². The first kappa shape index (κ1) is 19.8. The molecular weight excluding hydrogens is 377 g/mol. The number of hydrogen-bond acceptors (Lipinski definition) is 5. The van der Waals surface area contributed by atoms with Gasteiger partial charge in [0, 0.05) is 12.1 Å². The van der Waals surface area contributed by atoms with Crippen molar-refractivity contribution in [1.29, 1.82) is 0 Å². The lowest BCUT2D eigenvalue weighted by Gasteiger charge is -2.07. The molecule has 8 heteroatoms. The number of aryl methyl sites for hydroxylation is 1. The Morgan fingerprint density at radius 3 is 2.75 bits per heavy atom. The van der Waals surface area contributed by atoms with Gasteiger partial charge >= 0.3 is 0 Å². The van der Waals surface area contributed by atoms with Crippen LogP contribution in [0.4, 0.5) is 4.39 Å². The molecule has 0 saturated heterocycles. The second-order valence-electron chi connectivity index (χ2n) is 6.05. The molecule has 28 heavy (non-hydrogen) atoms. The number of hydrazone groups is 1. The Bertz CT molecular complexity index is 985. The van der Waals surface area contributed by atoms with Gasteiger partial charge < -0.3 is 4.57 Å². The van der Waals surface area contributed by atoms with Crippen LogP contribution in [0, 0.1) is 12.7 Å². The molecule has 1 heterocycles. The van der Waals surface area contributed by atoms with Crippen molar-refractivity contribution in [3.8, 4) is 11.4 Å². The number of nitrogens with zero attached hydrogens (tertiary/aromatic N) is 4. The number of benzene rings is 2. The SMILES string of the molecule is CCn1c(SCC(=O)N/N=C/c2cccc(F)c2)nnc1-c1ccc(C)cc1. The summed E-state index contributed by atoms with van der Waals surface area (Å²) in [5, 5.41) is 13.0. The number of amides is 1. The third kappa shape index (κ3) is 5.04. The van der Waals surface area contributed by atoms with Gasteiger partial charge in [-0.25, -0.2) is 9.82 Å². The maximum absolute atomic E-state index is 13.1. The Labute approximate surface area is 166 Å². The molecule has 3 rings (SSSR count). The third-order valence-corrected chi connectivity index (χ3v) is 4.89. The smallest absolute Gasteiger partial charge is 0.250 e. The van der Waals surface area contributed by atoms with E-state index in [1.54, 1.807) is 12.1 Å². The summed E-state index contributed by atoms with van der Waals surface area (Å²) in [4.78, 5) is 12.0. The fraction of sp³-hybridized carbons (Fsp3) is 0.200. The highest BCUT2D eigenvalue weighted by Gasteiger charge is 2.14. The fourth-order valence-electron chi connectivity index (χ4n) is 2.52. The van der Waals surface area contributed by atoms with Crippen molar-refractivity contribution in [3.63, 3.8) is 0 Å². The number of thioether (sulfide) groups is 1. The number of halogens is 1. The van der Waals surface area contributed by atoms with E-state index >= 15 is 0 Å². The molecule has 0 unspecified atom stereocenters. The molecule has 0 atom stereocenters. The van der Waals surface area contributed by atoms with E-state index in [4.69, 9.17) is 0 Å². The van der Waals surface area contributed by atoms with Crippen molar-refractivity contribution in [2.75, 3.05) is 5.75 Å². The molecule has 1 amide bonds. The first-order valence-corrected chi connectivity index (χ1v) is 9.76. The Kier molecular flexibility index (Phi) is 6.54. The third-order valence-electron chi connectivity index (χ3n) is 3.93. The Morgan fingerprint density at radius 2 is 2.04 bits per heavy atom. The summed E-state index contributed by atoms with van der Waals surface area (Å²) in [6.07, 6.45) is 1.40. The van der Waals surface area contributed by atoms with Gasteiger partial charge in [-0.3, -0.25) is 4.79 Å². The van der Waals surface area contributed by atoms with Crippen molar-refractivity contribution < 1.29 is 9.18 Å². The molecular formula is C20H20FN5OS. The topological polar surface area (TPSA) is 72.2 Å². The van der Waals surface area contributed by atoms with E-state index in [2.05, 4.69) is 20.7 Å². The first-order valence-electron chi connectivity index (χ1n) is 8.77. The predicted molar refractivity (Wildman–Crippen MR) is 109 cm³/mol. The van der Waals surface area contributed by atoms with Gasteiger partial charge in [0.05, 0.1) is 12.0 Å². The minimum atomic E-state index is -0.353. The molecule has 0 radical (unpaired) electrons. The zero-order valence-corrected chi connectivity index (χ0v) is 16.4. The molecule has 3 aromatic rings. The van der Waals surface area contributed by atoms with E-state index in [1.807, 2.05) is 42.7 Å². The minimum absolute atomic E-state index is 0.145. The van der Waals surface area contributed by atoms with E-state index in [1.165, 1.54) is 35.7 Å². The maximum Gasteiger partial charge on any atom is 0.250 e. The van der Waals surface area contributed by atoms with E-state index in [9.17, 15) is 9.18 Å². The van der Waals surface area contributed by atoms with Gasteiger partial charge in [-0.15, -0.1) is 10.2 Å². The normalized spacial score (nSPS) is 11.1. The largest absolute Gasteiger partial charge is 0.302 e. The van der Waals surface area contributed by atoms with E-state index in [-0.39, 0.29) is 17.5 Å². The molecule has 0 aliphatic heterocycles. The van der Waals surface area contributed by atoms with Crippen LogP contribution in [0.3, 0.4) is 0 Å². The van der Waals surface area contributed by atoms with Gasteiger partial charge in [0.1, 0.15) is 5.82 Å². The molecule has 2 aromatic carbocycles. The molecule has 0 aliphatic rings. The highest BCUT2D eigenvalue weighted by atomic mass is 32.2. The Morgan fingerprint density at radius 1 is 1.25 bits per heavy atom. The van der Waals surface area contributed by atoms with Crippen LogP contribution in [0.15, 0.2) is 58.8 Å². The maximum atomic E-state index is 13.1. The Hall–Kier alpha value is -3.00. The second kappa shape index (κ2) is 9.27. The molecule has 0 aliphatic carbocycles. The van der Waals surface area contributed by atoms with Crippen molar-refractivity contribution in [2.24, 2.45) is 5.10 Å². The summed E-state index contributed by atoms with van der Waals surface area (Å²) >= 11 is 1.29. The monoisotopic (exact) mass is 397 g/mol. The van der Waals surface area contributed by atoms with Crippen LogP contribution >= 0.6 is 11.8 Å². The lowest BCUT2D eigenvalue weighted by atomic mass is 10.1. The van der Waals surface area contributed by atoms with Crippen molar-refractivity contribution in [1.82, 2.24) is 20.2 Å². The van der Waals surface area contributed by atoms with Crippen LogP contribution in [0.2, 0.25) is 0 Å². The van der Waals surface area contributed by atoms with E-state index in [0.29, 0.717) is 17.3 Å². The molecule has 0 bridgehead atoms. The van der Waals surface area contributed by atoms with Gasteiger partial charge in [0.15, 0.2) is 11.0 Å². The van der Waals surface area contributed by atoms with Crippen LogP contribution in [-0.4, -0.2) is 32.6 Å². The van der Waals surface area contributed by atoms with Crippen molar-refractivity contribution in [3.05, 3.63) is 65.5 Å². The fourth-order valence-corrected chi connectivity index (χ4v) is 3.32. The standard InChI is InChI=1S/C20H20FN5OS/c1-3-26-19(16-9-7-14(2)8-10-16)24-25-20(26)28-13-18(27)23-22-12-15-5-4-6-17(21)11-15/h4-12H,3,13H2,1-2H3,(H,23,27)/b22-12+. The van der Waals surface area contributed by atoms with Crippen molar-refractivity contribution >= 4 is 23.9 Å². The van der Waals surface area contributed by atoms with Crippen LogP contribution in [0.5, 0.6) is 0 Å². The number of rotatable bonds is 7. The molecule has 0 saturated carbocycles. The van der Waals surface area contributed by atoms with E-state index in [0.717, 1.165) is 11.4 Å². The highest BCUT2D eigenvalue weighted by Crippen LogP contribution is 2.24. The number of carbonyl (C=O) groups excluding carboxylic acids is 1. The van der Waals surface area contributed by atoms with Crippen LogP contribution in [0.1, 0.15) is 18.1 Å². The number of carbonyl (C=O) groups is 1. The number of aromatic nitrogens is 3. The van der Waals surface area contributed by atoms with Gasteiger partial charge in [-0.2, -0.15) is 5.10 Å². The Balaban J connectivity index is 1.59. The molecule has 0 fully saturated rings. The molecule has 1 aromatic heterocycles. The summed E-state index contributed by atoms with van der Waals surface area (Å²) in [5.41, 5.74) is 5.16. The number of nitrogens with one attached hydrogen (secondary N) is 1. The lowest BCUT2D eigenvalue weighted by molar-refractivity contribution is -0.118. The highest BCUT2D eigenvalue weighted by molar-refractivity contribution is 7.99. The van der Waals surface area contributed by atoms with Gasteiger partial charge in [0.2, 0.25) is 0 Å². The lowest BCUT2D eigenvalue weighted by Crippen LogP contribution is -2.20. The quantitative estimate of drug-likeness (QED) is 0.375. The number of hydrogen-bond donors (Lipinski definition) is 1. The van der Waals surface area contributed by atoms with Crippen molar-refractivity contribution in [2.45, 2.75) is 25.5 Å². The minimum Gasteiger partial charge on any atom is -0.302 e. The summed E-state index contributed by atoms with van der Waals surface area (Å²) in [5.74, 6) is 0.288. The van der Waals surface area contributed by atoms with Gasteiger partial charge in [-0.05, 0) is 31.5 Å². The van der Waals surface area contributed by atoms with Gasteiger partial charge in [0.25, 0.3) is 5.91 Å². The zero-order valence-electron chi connectivity index (χ0n) is 15.6. The summed E-state index contributed by atoms with van der Waals surface area (Å²) < 4.78 is 15.1. The average Bonchev–Trinajstić information content (AvgIpc) is 3.10. The summed E-state index contributed by atoms with van der Waals surface area (Å²) in [6, 6.07) is 14.0. The van der Waals surface area contributed by atoms with Crippen LogP contribution < -0.4 is 5.43 Å².